The highest BCUT2D eigenvalue weighted by Crippen LogP contribution is 2.32. The van der Waals surface area contributed by atoms with Crippen molar-refractivity contribution in [3.63, 3.8) is 0 Å². The molecule has 19 heavy (non-hydrogen) atoms. The first-order valence-corrected chi connectivity index (χ1v) is 6.22. The summed E-state index contributed by atoms with van der Waals surface area (Å²) < 4.78 is 7.31. The van der Waals surface area contributed by atoms with Gasteiger partial charge in [0, 0.05) is 12.6 Å². The summed E-state index contributed by atoms with van der Waals surface area (Å²) in [6.07, 6.45) is 0.425. The lowest BCUT2D eigenvalue weighted by Crippen LogP contribution is -2.24. The van der Waals surface area contributed by atoms with Crippen molar-refractivity contribution in [1.82, 2.24) is 14.5 Å². The zero-order valence-electron chi connectivity index (χ0n) is 9.90. The van der Waals surface area contributed by atoms with Crippen molar-refractivity contribution in [2.24, 2.45) is 0 Å². The Bertz CT molecular complexity index is 617. The van der Waals surface area contributed by atoms with Gasteiger partial charge >= 0.3 is 0 Å². The molecule has 1 saturated heterocycles. The Morgan fingerprint density at radius 2 is 2.32 bits per heavy atom. The Hall–Kier alpha value is -1.41. The van der Waals surface area contributed by atoms with Gasteiger partial charge in [-0.15, -0.1) is 0 Å². The second-order valence-corrected chi connectivity index (χ2v) is 4.79. The highest BCUT2D eigenvalue weighted by atomic mass is 35.5. The number of anilines is 1. The normalized spacial score (nSPS) is 27.2. The summed E-state index contributed by atoms with van der Waals surface area (Å²) in [4.78, 5) is 8.01. The third kappa shape index (κ3) is 2.04. The molecule has 0 bridgehead atoms. The van der Waals surface area contributed by atoms with Crippen LogP contribution in [0.2, 0.25) is 5.28 Å². The zero-order chi connectivity index (χ0) is 13.6. The predicted octanol–water partition coefficient (Wildman–Crippen LogP) is 0.308. The van der Waals surface area contributed by atoms with Crippen LogP contribution in [0.15, 0.2) is 12.3 Å². The lowest BCUT2D eigenvalue weighted by atomic mass is 10.2. The van der Waals surface area contributed by atoms with Gasteiger partial charge in [-0.3, -0.25) is 0 Å². The molecule has 3 heterocycles. The van der Waals surface area contributed by atoms with E-state index in [4.69, 9.17) is 27.2 Å². The maximum Gasteiger partial charge on any atom is 0.226 e. The maximum absolute atomic E-state index is 9.76. The van der Waals surface area contributed by atoms with Crippen LogP contribution in [0.5, 0.6) is 0 Å². The average molecular weight is 285 g/mol. The van der Waals surface area contributed by atoms with E-state index in [1.54, 1.807) is 16.8 Å². The van der Waals surface area contributed by atoms with Crippen LogP contribution in [-0.2, 0) is 4.74 Å². The molecule has 1 aliphatic rings. The molecule has 3 rings (SSSR count). The van der Waals surface area contributed by atoms with Crippen molar-refractivity contribution >= 4 is 28.5 Å². The van der Waals surface area contributed by atoms with Crippen molar-refractivity contribution in [2.45, 2.75) is 24.9 Å². The third-order valence-electron chi connectivity index (χ3n) is 3.27. The van der Waals surface area contributed by atoms with E-state index in [1.165, 1.54) is 0 Å². The predicted molar refractivity (Wildman–Crippen MR) is 68.6 cm³/mol. The summed E-state index contributed by atoms with van der Waals surface area (Å²) in [5.74, 6) is 0.297. The van der Waals surface area contributed by atoms with Gasteiger partial charge in [-0.25, -0.2) is 4.98 Å². The van der Waals surface area contributed by atoms with Crippen LogP contribution in [0.1, 0.15) is 12.6 Å². The first-order chi connectivity index (χ1) is 9.10. The second-order valence-electron chi connectivity index (χ2n) is 4.45. The number of nitrogens with two attached hydrogens (primary N) is 1. The number of ether oxygens (including phenoxy) is 1. The number of aliphatic hydroxyl groups excluding tert-OH is 2. The Morgan fingerprint density at radius 3 is 3.00 bits per heavy atom. The van der Waals surface area contributed by atoms with Gasteiger partial charge in [0.1, 0.15) is 23.8 Å². The Balaban J connectivity index is 2.02. The molecule has 0 saturated carbocycles. The summed E-state index contributed by atoms with van der Waals surface area (Å²) in [5.41, 5.74) is 6.32. The van der Waals surface area contributed by atoms with E-state index in [0.717, 1.165) is 0 Å². The highest BCUT2D eigenvalue weighted by molar-refractivity contribution is 6.28. The summed E-state index contributed by atoms with van der Waals surface area (Å²) in [5, 5.41) is 19.6. The quantitative estimate of drug-likeness (QED) is 0.685. The zero-order valence-corrected chi connectivity index (χ0v) is 10.7. The molecule has 3 atom stereocenters. The van der Waals surface area contributed by atoms with Crippen molar-refractivity contribution in [1.29, 1.82) is 0 Å². The van der Waals surface area contributed by atoms with Crippen LogP contribution in [0, 0.1) is 0 Å². The summed E-state index contributed by atoms with van der Waals surface area (Å²) in [7, 11) is 0. The minimum atomic E-state index is -0.706. The standard InChI is InChI=1S/C11H13ClN4O3/c12-11-14-9(13)5-1-2-16(10(5)15-11)8-3-6(18)7(4-17)19-8/h1-2,6-8,17-18H,3-4H2,(H2,13,14,15)/t6-,7+,8+/m0/s1. The van der Waals surface area contributed by atoms with E-state index in [1.807, 2.05) is 0 Å². The summed E-state index contributed by atoms with van der Waals surface area (Å²) in [6, 6.07) is 1.77. The first kappa shape index (κ1) is 12.6. The molecule has 0 radical (unpaired) electrons. The van der Waals surface area contributed by atoms with E-state index in [-0.39, 0.29) is 11.9 Å². The fourth-order valence-electron chi connectivity index (χ4n) is 2.31. The number of aromatic nitrogens is 3. The van der Waals surface area contributed by atoms with Crippen LogP contribution < -0.4 is 5.73 Å². The van der Waals surface area contributed by atoms with E-state index in [2.05, 4.69) is 9.97 Å². The van der Waals surface area contributed by atoms with Gasteiger partial charge < -0.3 is 25.3 Å². The molecule has 7 nitrogen and oxygen atoms in total. The molecule has 1 fully saturated rings. The SMILES string of the molecule is Nc1nc(Cl)nc2c1ccn2[C@H]1C[C@H](O)[C@@H](CO)O1. The number of halogens is 1. The Morgan fingerprint density at radius 1 is 1.53 bits per heavy atom. The molecule has 0 aliphatic carbocycles. The lowest BCUT2D eigenvalue weighted by Gasteiger charge is -2.14. The van der Waals surface area contributed by atoms with E-state index < -0.39 is 18.4 Å². The number of rotatable bonds is 2. The average Bonchev–Trinajstić information content (AvgIpc) is 2.92. The number of fused-ring (bicyclic) bond motifs is 1. The topological polar surface area (TPSA) is 106 Å². The Kier molecular flexibility index (Phi) is 3.06. The second kappa shape index (κ2) is 4.61. The summed E-state index contributed by atoms with van der Waals surface area (Å²) in [6.45, 7) is -0.227. The van der Waals surface area contributed by atoms with Crippen molar-refractivity contribution in [3.8, 4) is 0 Å². The number of nitrogens with zero attached hydrogens (tertiary/aromatic N) is 3. The van der Waals surface area contributed by atoms with Crippen LogP contribution in [0.4, 0.5) is 5.82 Å². The van der Waals surface area contributed by atoms with Gasteiger partial charge in [0.25, 0.3) is 0 Å². The molecular formula is C11H13ClN4O3. The number of aliphatic hydroxyl groups is 2. The fourth-order valence-corrected chi connectivity index (χ4v) is 2.48. The molecule has 1 aliphatic heterocycles. The lowest BCUT2D eigenvalue weighted by molar-refractivity contribution is -0.0430. The van der Waals surface area contributed by atoms with Gasteiger partial charge in [0.05, 0.1) is 18.1 Å². The van der Waals surface area contributed by atoms with Gasteiger partial charge in [-0.05, 0) is 17.7 Å². The van der Waals surface area contributed by atoms with Crippen molar-refractivity contribution in [2.75, 3.05) is 12.3 Å². The first-order valence-electron chi connectivity index (χ1n) is 5.84. The molecule has 4 N–H and O–H groups in total. The molecule has 0 aromatic carbocycles. The van der Waals surface area contributed by atoms with Crippen LogP contribution in [0.3, 0.4) is 0 Å². The molecule has 0 amide bonds. The van der Waals surface area contributed by atoms with Gasteiger partial charge in [0.2, 0.25) is 5.28 Å². The summed E-state index contributed by atoms with van der Waals surface area (Å²) >= 11 is 5.80. The van der Waals surface area contributed by atoms with Gasteiger partial charge in [-0.2, -0.15) is 4.98 Å². The van der Waals surface area contributed by atoms with Crippen LogP contribution in [-0.4, -0.2) is 43.6 Å². The minimum Gasteiger partial charge on any atom is -0.394 e. The number of nitrogen functional groups attached to an aromatic ring is 1. The van der Waals surface area contributed by atoms with E-state index >= 15 is 0 Å². The van der Waals surface area contributed by atoms with Crippen molar-refractivity contribution < 1.29 is 14.9 Å². The molecule has 2 aromatic rings. The van der Waals surface area contributed by atoms with E-state index in [0.29, 0.717) is 23.3 Å². The monoisotopic (exact) mass is 284 g/mol. The molecular weight excluding hydrogens is 272 g/mol. The van der Waals surface area contributed by atoms with E-state index in [9.17, 15) is 5.11 Å². The Labute approximate surface area is 113 Å². The fraction of sp³-hybridized carbons (Fsp3) is 0.455. The van der Waals surface area contributed by atoms with Crippen molar-refractivity contribution in [3.05, 3.63) is 17.5 Å². The molecule has 2 aromatic heterocycles. The number of hydrogen-bond acceptors (Lipinski definition) is 6. The van der Waals surface area contributed by atoms with Crippen LogP contribution >= 0.6 is 11.6 Å². The number of hydrogen-bond donors (Lipinski definition) is 3. The third-order valence-corrected chi connectivity index (χ3v) is 3.44. The smallest absolute Gasteiger partial charge is 0.226 e. The molecule has 8 heteroatoms. The molecule has 102 valence electrons. The van der Waals surface area contributed by atoms with Gasteiger partial charge in [0.15, 0.2) is 0 Å². The largest absolute Gasteiger partial charge is 0.394 e. The van der Waals surface area contributed by atoms with Gasteiger partial charge in [-0.1, -0.05) is 0 Å². The maximum atomic E-state index is 9.76. The highest BCUT2D eigenvalue weighted by Gasteiger charge is 2.35. The van der Waals surface area contributed by atoms with Crippen LogP contribution in [0.25, 0.3) is 11.0 Å². The molecule has 0 spiro atoms. The molecule has 0 unspecified atom stereocenters. The minimum absolute atomic E-state index is 0.0576.